The number of anilines is 1. The first-order chi connectivity index (χ1) is 13.1. The van der Waals surface area contributed by atoms with E-state index in [-0.39, 0.29) is 5.69 Å². The highest BCUT2D eigenvalue weighted by atomic mass is 19.1. The summed E-state index contributed by atoms with van der Waals surface area (Å²) in [5.41, 5.74) is 1.38. The summed E-state index contributed by atoms with van der Waals surface area (Å²) < 4.78 is 32.2. The molecule has 0 aliphatic carbocycles. The Bertz CT molecular complexity index is 942. The van der Waals surface area contributed by atoms with E-state index >= 15 is 0 Å². The average Bonchev–Trinajstić information content (AvgIpc) is 2.69. The van der Waals surface area contributed by atoms with Crippen molar-refractivity contribution in [2.24, 2.45) is 0 Å². The summed E-state index contributed by atoms with van der Waals surface area (Å²) in [4.78, 5) is 16.0. The van der Waals surface area contributed by atoms with Crippen molar-refractivity contribution in [1.82, 2.24) is 4.98 Å². The second-order valence-corrected chi connectivity index (χ2v) is 5.63. The second kappa shape index (κ2) is 8.71. The largest absolute Gasteiger partial charge is 0.487 e. The standard InChI is InChI=1S/C21H16F2N2O2/c22-16-7-10-19(23)20(13-16)25-21(26)11-6-15-4-8-18(9-5-15)27-14-17-3-1-2-12-24-17/h1-13H,14H2,(H,25,26)/b11-6+. The maximum atomic E-state index is 13.5. The highest BCUT2D eigenvalue weighted by molar-refractivity contribution is 6.02. The number of ether oxygens (including phenoxy) is 1. The third-order valence-electron chi connectivity index (χ3n) is 3.61. The molecule has 0 saturated carbocycles. The number of nitrogens with zero attached hydrogens (tertiary/aromatic N) is 1. The summed E-state index contributed by atoms with van der Waals surface area (Å²) in [6, 6.07) is 15.6. The van der Waals surface area contributed by atoms with Gasteiger partial charge in [0.1, 0.15) is 24.0 Å². The molecule has 6 heteroatoms. The summed E-state index contributed by atoms with van der Waals surface area (Å²) in [6.45, 7) is 0.359. The van der Waals surface area contributed by atoms with Gasteiger partial charge in [-0.1, -0.05) is 18.2 Å². The molecular weight excluding hydrogens is 350 g/mol. The van der Waals surface area contributed by atoms with Crippen molar-refractivity contribution in [3.05, 3.63) is 95.8 Å². The summed E-state index contributed by atoms with van der Waals surface area (Å²) in [6.07, 6.45) is 4.51. The first-order valence-corrected chi connectivity index (χ1v) is 8.17. The molecule has 1 N–H and O–H groups in total. The molecule has 27 heavy (non-hydrogen) atoms. The molecule has 0 atom stereocenters. The molecule has 0 aliphatic heterocycles. The number of benzene rings is 2. The lowest BCUT2D eigenvalue weighted by molar-refractivity contribution is -0.111. The second-order valence-electron chi connectivity index (χ2n) is 5.63. The third kappa shape index (κ3) is 5.47. The van der Waals surface area contributed by atoms with Gasteiger partial charge in [0, 0.05) is 18.3 Å². The fourth-order valence-electron chi connectivity index (χ4n) is 2.26. The monoisotopic (exact) mass is 366 g/mol. The number of nitrogens with one attached hydrogen (secondary N) is 1. The zero-order valence-corrected chi connectivity index (χ0v) is 14.2. The minimum atomic E-state index is -0.701. The van der Waals surface area contributed by atoms with Crippen LogP contribution in [0.25, 0.3) is 6.08 Å². The molecule has 0 aliphatic rings. The molecule has 0 fully saturated rings. The molecule has 1 aromatic heterocycles. The first-order valence-electron chi connectivity index (χ1n) is 8.17. The van der Waals surface area contributed by atoms with Gasteiger partial charge in [-0.2, -0.15) is 0 Å². The van der Waals surface area contributed by atoms with Crippen LogP contribution in [0.4, 0.5) is 14.5 Å². The summed E-state index contributed by atoms with van der Waals surface area (Å²) >= 11 is 0. The number of hydrogen-bond donors (Lipinski definition) is 1. The molecule has 1 amide bonds. The average molecular weight is 366 g/mol. The molecule has 0 bridgehead atoms. The van der Waals surface area contributed by atoms with Crippen LogP contribution >= 0.6 is 0 Å². The highest BCUT2D eigenvalue weighted by Crippen LogP contribution is 2.16. The molecule has 136 valence electrons. The van der Waals surface area contributed by atoms with Crippen LogP contribution in [0.2, 0.25) is 0 Å². The Kier molecular flexibility index (Phi) is 5.89. The number of aromatic nitrogens is 1. The SMILES string of the molecule is O=C(/C=C/c1ccc(OCc2ccccn2)cc1)Nc1cc(F)ccc1F. The Morgan fingerprint density at radius 2 is 1.89 bits per heavy atom. The number of pyridine rings is 1. The number of hydrogen-bond acceptors (Lipinski definition) is 3. The van der Waals surface area contributed by atoms with Crippen molar-refractivity contribution >= 4 is 17.7 Å². The van der Waals surface area contributed by atoms with E-state index in [0.29, 0.717) is 12.4 Å². The van der Waals surface area contributed by atoms with Crippen LogP contribution < -0.4 is 10.1 Å². The minimum absolute atomic E-state index is 0.206. The van der Waals surface area contributed by atoms with Crippen molar-refractivity contribution in [2.45, 2.75) is 6.61 Å². The van der Waals surface area contributed by atoms with Gasteiger partial charge in [-0.05, 0) is 48.0 Å². The lowest BCUT2D eigenvalue weighted by atomic mass is 10.2. The Balaban J connectivity index is 1.55. The minimum Gasteiger partial charge on any atom is -0.487 e. The molecule has 3 aromatic rings. The molecule has 0 spiro atoms. The van der Waals surface area contributed by atoms with Crippen LogP contribution in [0.15, 0.2) is 72.9 Å². The number of carbonyl (C=O) groups excluding carboxylic acids is 1. The summed E-state index contributed by atoms with van der Waals surface area (Å²) in [7, 11) is 0. The van der Waals surface area contributed by atoms with Gasteiger partial charge in [0.15, 0.2) is 0 Å². The Hall–Kier alpha value is -3.54. The van der Waals surface area contributed by atoms with Gasteiger partial charge < -0.3 is 10.1 Å². The zero-order valence-electron chi connectivity index (χ0n) is 14.2. The maximum absolute atomic E-state index is 13.5. The van der Waals surface area contributed by atoms with Gasteiger partial charge in [-0.25, -0.2) is 8.78 Å². The lowest BCUT2D eigenvalue weighted by Crippen LogP contribution is -2.09. The third-order valence-corrected chi connectivity index (χ3v) is 3.61. The predicted molar refractivity (Wildman–Crippen MR) is 99.0 cm³/mol. The molecule has 3 rings (SSSR count). The van der Waals surface area contributed by atoms with E-state index in [9.17, 15) is 13.6 Å². The van der Waals surface area contributed by atoms with Crippen LogP contribution in [0.3, 0.4) is 0 Å². The van der Waals surface area contributed by atoms with Crippen LogP contribution in [-0.4, -0.2) is 10.9 Å². The predicted octanol–water partition coefficient (Wildman–Crippen LogP) is 4.59. The van der Waals surface area contributed by atoms with Crippen LogP contribution in [0.5, 0.6) is 5.75 Å². The molecule has 2 aromatic carbocycles. The molecule has 4 nitrogen and oxygen atoms in total. The first kappa shape index (κ1) is 18.3. The van der Waals surface area contributed by atoms with E-state index in [1.807, 2.05) is 18.2 Å². The highest BCUT2D eigenvalue weighted by Gasteiger charge is 2.06. The van der Waals surface area contributed by atoms with Gasteiger partial charge >= 0.3 is 0 Å². The van der Waals surface area contributed by atoms with E-state index < -0.39 is 17.5 Å². The van der Waals surface area contributed by atoms with Crippen molar-refractivity contribution < 1.29 is 18.3 Å². The fourth-order valence-corrected chi connectivity index (χ4v) is 2.26. The maximum Gasteiger partial charge on any atom is 0.248 e. The van der Waals surface area contributed by atoms with Crippen molar-refractivity contribution in [3.8, 4) is 5.75 Å². The molecule has 0 saturated heterocycles. The number of carbonyl (C=O) groups is 1. The number of amides is 1. The summed E-state index contributed by atoms with van der Waals surface area (Å²) in [5, 5.41) is 2.30. The molecular formula is C21H16F2N2O2. The quantitative estimate of drug-likeness (QED) is 0.649. The smallest absolute Gasteiger partial charge is 0.248 e. The van der Waals surface area contributed by atoms with Crippen molar-refractivity contribution in [3.63, 3.8) is 0 Å². The van der Waals surface area contributed by atoms with E-state index in [0.717, 1.165) is 29.5 Å². The topological polar surface area (TPSA) is 51.2 Å². The number of halogens is 2. The van der Waals surface area contributed by atoms with Crippen molar-refractivity contribution in [1.29, 1.82) is 0 Å². The van der Waals surface area contributed by atoms with Crippen LogP contribution in [0, 0.1) is 11.6 Å². The number of rotatable bonds is 6. The van der Waals surface area contributed by atoms with Gasteiger partial charge in [0.05, 0.1) is 11.4 Å². The van der Waals surface area contributed by atoms with Gasteiger partial charge in [0.2, 0.25) is 5.91 Å². The van der Waals surface area contributed by atoms with E-state index in [1.54, 1.807) is 36.5 Å². The summed E-state index contributed by atoms with van der Waals surface area (Å²) in [5.74, 6) is -1.22. The Morgan fingerprint density at radius 3 is 2.63 bits per heavy atom. The van der Waals surface area contributed by atoms with E-state index in [2.05, 4.69) is 10.3 Å². The molecule has 0 radical (unpaired) electrons. The van der Waals surface area contributed by atoms with Crippen LogP contribution in [0.1, 0.15) is 11.3 Å². The molecule has 0 unspecified atom stereocenters. The van der Waals surface area contributed by atoms with Crippen molar-refractivity contribution in [2.75, 3.05) is 5.32 Å². The van der Waals surface area contributed by atoms with Gasteiger partial charge in [0.25, 0.3) is 0 Å². The molecule has 1 heterocycles. The fraction of sp³-hybridized carbons (Fsp3) is 0.0476. The van der Waals surface area contributed by atoms with E-state index in [4.69, 9.17) is 4.74 Å². The van der Waals surface area contributed by atoms with Crippen LogP contribution in [-0.2, 0) is 11.4 Å². The zero-order chi connectivity index (χ0) is 19.1. The normalized spacial score (nSPS) is 10.7. The van der Waals surface area contributed by atoms with Gasteiger partial charge in [-0.3, -0.25) is 9.78 Å². The lowest BCUT2D eigenvalue weighted by Gasteiger charge is -2.06. The Labute approximate surface area is 155 Å². The van der Waals surface area contributed by atoms with Gasteiger partial charge in [-0.15, -0.1) is 0 Å². The van der Waals surface area contributed by atoms with E-state index in [1.165, 1.54) is 6.08 Å². The Morgan fingerprint density at radius 1 is 1.07 bits per heavy atom.